The molecule has 5 heteroatoms. The fourth-order valence-corrected chi connectivity index (χ4v) is 2.74. The summed E-state index contributed by atoms with van der Waals surface area (Å²) >= 11 is 7.32. The fraction of sp³-hybridized carbons (Fsp3) is 0.278. The van der Waals surface area contributed by atoms with E-state index in [0.29, 0.717) is 17.3 Å². The minimum atomic E-state index is 0.00690. The molecule has 0 unspecified atom stereocenters. The van der Waals surface area contributed by atoms with E-state index in [1.807, 2.05) is 62.4 Å². The van der Waals surface area contributed by atoms with Crippen LogP contribution in [0.1, 0.15) is 19.4 Å². The summed E-state index contributed by atoms with van der Waals surface area (Å²) in [6, 6.07) is 15.2. The maximum Gasteiger partial charge on any atom is 0.230 e. The molecule has 122 valence electrons. The first-order chi connectivity index (χ1) is 11.0. The van der Waals surface area contributed by atoms with Gasteiger partial charge in [-0.3, -0.25) is 4.79 Å². The van der Waals surface area contributed by atoms with Gasteiger partial charge >= 0.3 is 0 Å². The van der Waals surface area contributed by atoms with Crippen LogP contribution in [0, 0.1) is 0 Å². The summed E-state index contributed by atoms with van der Waals surface area (Å²) in [7, 11) is 0. The first-order valence-electron chi connectivity index (χ1n) is 7.43. The third-order valence-electron chi connectivity index (χ3n) is 2.97. The SMILES string of the molecule is CC(C)Oc1ccc(CNC(=O)CSc2ccc(Cl)cc2)cc1. The lowest BCUT2D eigenvalue weighted by Crippen LogP contribution is -2.24. The van der Waals surface area contributed by atoms with Crippen LogP contribution in [0.5, 0.6) is 5.75 Å². The summed E-state index contributed by atoms with van der Waals surface area (Å²) in [4.78, 5) is 12.9. The minimum Gasteiger partial charge on any atom is -0.491 e. The number of benzene rings is 2. The number of carbonyl (C=O) groups excluding carboxylic acids is 1. The second-order valence-corrected chi connectivity index (χ2v) is 6.82. The smallest absolute Gasteiger partial charge is 0.230 e. The highest BCUT2D eigenvalue weighted by atomic mass is 35.5. The van der Waals surface area contributed by atoms with E-state index in [2.05, 4.69) is 5.32 Å². The van der Waals surface area contributed by atoms with Gasteiger partial charge in [0.2, 0.25) is 5.91 Å². The van der Waals surface area contributed by atoms with Gasteiger partial charge in [0, 0.05) is 16.5 Å². The van der Waals surface area contributed by atoms with Gasteiger partial charge in [-0.15, -0.1) is 11.8 Å². The summed E-state index contributed by atoms with van der Waals surface area (Å²) in [6.07, 6.45) is 0.158. The summed E-state index contributed by atoms with van der Waals surface area (Å²) in [6.45, 7) is 4.50. The molecule has 0 aliphatic heterocycles. The van der Waals surface area contributed by atoms with E-state index in [1.54, 1.807) is 0 Å². The number of carbonyl (C=O) groups is 1. The van der Waals surface area contributed by atoms with Crippen LogP contribution >= 0.6 is 23.4 Å². The molecule has 0 fully saturated rings. The van der Waals surface area contributed by atoms with Crippen LogP contribution in [-0.4, -0.2) is 17.8 Å². The number of nitrogens with one attached hydrogen (secondary N) is 1. The van der Waals surface area contributed by atoms with Gasteiger partial charge < -0.3 is 10.1 Å². The molecule has 0 saturated carbocycles. The Morgan fingerprint density at radius 2 is 1.78 bits per heavy atom. The normalized spacial score (nSPS) is 10.6. The average Bonchev–Trinajstić information content (AvgIpc) is 2.53. The van der Waals surface area contributed by atoms with Crippen molar-refractivity contribution in [3.63, 3.8) is 0 Å². The largest absolute Gasteiger partial charge is 0.491 e. The lowest BCUT2D eigenvalue weighted by molar-refractivity contribution is -0.118. The lowest BCUT2D eigenvalue weighted by atomic mass is 10.2. The van der Waals surface area contributed by atoms with Crippen molar-refractivity contribution < 1.29 is 9.53 Å². The first kappa shape index (κ1) is 17.7. The molecule has 0 aromatic heterocycles. The van der Waals surface area contributed by atoms with Crippen molar-refractivity contribution in [2.24, 2.45) is 0 Å². The molecule has 2 rings (SSSR count). The van der Waals surface area contributed by atoms with Crippen molar-refractivity contribution in [3.8, 4) is 5.75 Å². The van der Waals surface area contributed by atoms with E-state index < -0.39 is 0 Å². The summed E-state index contributed by atoms with van der Waals surface area (Å²) in [5, 5.41) is 3.61. The second-order valence-electron chi connectivity index (χ2n) is 5.33. The minimum absolute atomic E-state index is 0.00690. The molecule has 0 radical (unpaired) electrons. The van der Waals surface area contributed by atoms with Gasteiger partial charge in [0.1, 0.15) is 5.75 Å². The Morgan fingerprint density at radius 3 is 2.39 bits per heavy atom. The third-order valence-corrected chi connectivity index (χ3v) is 4.23. The van der Waals surface area contributed by atoms with Crippen LogP contribution in [0.15, 0.2) is 53.4 Å². The maximum absolute atomic E-state index is 11.9. The predicted molar refractivity (Wildman–Crippen MR) is 96.2 cm³/mol. The van der Waals surface area contributed by atoms with E-state index in [4.69, 9.17) is 16.3 Å². The number of thioether (sulfide) groups is 1. The van der Waals surface area contributed by atoms with E-state index in [9.17, 15) is 4.79 Å². The van der Waals surface area contributed by atoms with Crippen LogP contribution in [0.4, 0.5) is 0 Å². The van der Waals surface area contributed by atoms with Gasteiger partial charge in [-0.05, 0) is 55.8 Å². The fourth-order valence-electron chi connectivity index (χ4n) is 1.89. The van der Waals surface area contributed by atoms with Crippen molar-refractivity contribution >= 4 is 29.3 Å². The standard InChI is InChI=1S/C18H20ClNO2S/c1-13(2)22-16-7-3-14(4-8-16)11-20-18(21)12-23-17-9-5-15(19)6-10-17/h3-10,13H,11-12H2,1-2H3,(H,20,21). The van der Waals surface area contributed by atoms with Crippen LogP contribution in [0.3, 0.4) is 0 Å². The molecule has 0 bridgehead atoms. The van der Waals surface area contributed by atoms with Crippen LogP contribution < -0.4 is 10.1 Å². The molecule has 3 nitrogen and oxygen atoms in total. The van der Waals surface area contributed by atoms with Crippen LogP contribution in [0.2, 0.25) is 5.02 Å². The highest BCUT2D eigenvalue weighted by Crippen LogP contribution is 2.20. The van der Waals surface area contributed by atoms with Crippen LogP contribution in [-0.2, 0) is 11.3 Å². The topological polar surface area (TPSA) is 38.3 Å². The van der Waals surface area contributed by atoms with Gasteiger partial charge in [-0.25, -0.2) is 0 Å². The van der Waals surface area contributed by atoms with Crippen molar-refractivity contribution in [2.75, 3.05) is 5.75 Å². The molecule has 0 aliphatic rings. The monoisotopic (exact) mass is 349 g/mol. The van der Waals surface area contributed by atoms with Crippen molar-refractivity contribution in [1.82, 2.24) is 5.32 Å². The maximum atomic E-state index is 11.9. The Hall–Kier alpha value is -1.65. The number of hydrogen-bond donors (Lipinski definition) is 1. The van der Waals surface area contributed by atoms with E-state index >= 15 is 0 Å². The highest BCUT2D eigenvalue weighted by molar-refractivity contribution is 8.00. The molecular weight excluding hydrogens is 330 g/mol. The number of hydrogen-bond acceptors (Lipinski definition) is 3. The molecule has 0 saturated heterocycles. The number of ether oxygens (including phenoxy) is 1. The summed E-state index contributed by atoms with van der Waals surface area (Å²) < 4.78 is 5.59. The van der Waals surface area contributed by atoms with Crippen LogP contribution in [0.25, 0.3) is 0 Å². The Labute approximate surface area is 146 Å². The predicted octanol–water partition coefficient (Wildman–Crippen LogP) is 4.54. The van der Waals surface area contributed by atoms with Gasteiger partial charge in [0.05, 0.1) is 11.9 Å². The summed E-state index contributed by atoms with van der Waals surface area (Å²) in [5.41, 5.74) is 1.05. The van der Waals surface area contributed by atoms with Gasteiger partial charge in [-0.1, -0.05) is 23.7 Å². The van der Waals surface area contributed by atoms with Gasteiger partial charge in [-0.2, -0.15) is 0 Å². The van der Waals surface area contributed by atoms with Gasteiger partial charge in [0.15, 0.2) is 0 Å². The second kappa shape index (κ2) is 8.85. The molecular formula is C18H20ClNO2S. The molecule has 2 aromatic carbocycles. The zero-order valence-corrected chi connectivity index (χ0v) is 14.8. The highest BCUT2D eigenvalue weighted by Gasteiger charge is 2.04. The molecule has 0 atom stereocenters. The lowest BCUT2D eigenvalue weighted by Gasteiger charge is -2.10. The van der Waals surface area contributed by atoms with Crippen molar-refractivity contribution in [3.05, 3.63) is 59.1 Å². The average molecular weight is 350 g/mol. The molecule has 2 aromatic rings. The Balaban J connectivity index is 1.74. The first-order valence-corrected chi connectivity index (χ1v) is 8.80. The Morgan fingerprint density at radius 1 is 1.13 bits per heavy atom. The molecule has 1 N–H and O–H groups in total. The zero-order valence-electron chi connectivity index (χ0n) is 13.2. The molecule has 1 amide bonds. The van der Waals surface area contributed by atoms with Gasteiger partial charge in [0.25, 0.3) is 0 Å². The van der Waals surface area contributed by atoms with Crippen molar-refractivity contribution in [1.29, 1.82) is 0 Å². The Kier molecular flexibility index (Phi) is 6.81. The number of halogens is 1. The third kappa shape index (κ3) is 6.55. The van der Waals surface area contributed by atoms with E-state index in [0.717, 1.165) is 16.2 Å². The number of amides is 1. The van der Waals surface area contributed by atoms with E-state index in [-0.39, 0.29) is 12.0 Å². The quantitative estimate of drug-likeness (QED) is 0.746. The number of rotatable bonds is 7. The zero-order chi connectivity index (χ0) is 16.7. The van der Waals surface area contributed by atoms with Crippen molar-refractivity contribution in [2.45, 2.75) is 31.4 Å². The molecule has 23 heavy (non-hydrogen) atoms. The summed E-state index contributed by atoms with van der Waals surface area (Å²) in [5.74, 6) is 1.23. The Bertz CT molecular complexity index is 626. The molecule has 0 heterocycles. The van der Waals surface area contributed by atoms with E-state index in [1.165, 1.54) is 11.8 Å². The molecule has 0 aliphatic carbocycles. The molecule has 0 spiro atoms.